The van der Waals surface area contributed by atoms with Crippen LogP contribution in [0.5, 0.6) is 5.75 Å². The molecule has 7 nitrogen and oxygen atoms in total. The third-order valence-corrected chi connectivity index (χ3v) is 12.2. The largest absolute Gasteiger partial charge is 0.490 e. The number of benzene rings is 2. The van der Waals surface area contributed by atoms with E-state index in [4.69, 9.17) is 21.4 Å². The highest BCUT2D eigenvalue weighted by Gasteiger charge is 2.47. The van der Waals surface area contributed by atoms with E-state index in [1.165, 1.54) is 11.1 Å². The van der Waals surface area contributed by atoms with Gasteiger partial charge >= 0.3 is 0 Å². The van der Waals surface area contributed by atoms with Crippen LogP contribution in [0, 0.1) is 11.8 Å². The summed E-state index contributed by atoms with van der Waals surface area (Å²) in [6.45, 7) is 6.17. The van der Waals surface area contributed by atoms with Crippen molar-refractivity contribution in [2.75, 3.05) is 31.7 Å². The van der Waals surface area contributed by atoms with E-state index in [-0.39, 0.29) is 22.5 Å². The van der Waals surface area contributed by atoms with Gasteiger partial charge in [0.05, 0.1) is 23.1 Å². The number of fused-ring (bicyclic) bond motifs is 4. The summed E-state index contributed by atoms with van der Waals surface area (Å²) in [7, 11) is -0.470. The average Bonchev–Trinajstić information content (AvgIpc) is 3.12. The molecular formula is C34H47ClN2O5S. The minimum Gasteiger partial charge on any atom is -0.490 e. The minimum absolute atomic E-state index is 0.103. The Hall–Kier alpha value is -2.13. The Bertz CT molecular complexity index is 1340. The normalized spacial score (nSPS) is 32.5. The maximum absolute atomic E-state index is 13.3. The van der Waals surface area contributed by atoms with Crippen LogP contribution in [-0.4, -0.2) is 58.0 Å². The standard InChI is InChI=1S/C33H43ClN2O4S.CH4O/c1-3-26-8-4-5-15-32(2,38)27-12-9-24(27)19-36-20-33(16-6-7-22-17-25(34)11-13-28(22)33)21-40-30-14-10-23(18-29(30)36)31(37)35-41(26)39;1-2/h10-11,13-14,17-18,24,26-27,38H,3-9,12,15-16,19-21H2,1-2H3,(H,35,37);2H,1H3/t24?,26?,27?,32-,33-,41?;/m0./s1. The molecule has 1 fully saturated rings. The second-order valence-corrected chi connectivity index (χ2v) is 15.0. The molecule has 6 rings (SSSR count). The van der Waals surface area contributed by atoms with Crippen molar-refractivity contribution in [3.05, 3.63) is 58.1 Å². The Balaban J connectivity index is 0.00000180. The van der Waals surface area contributed by atoms with Gasteiger partial charge in [0.2, 0.25) is 0 Å². The molecule has 43 heavy (non-hydrogen) atoms. The van der Waals surface area contributed by atoms with Crippen LogP contribution >= 0.6 is 11.6 Å². The van der Waals surface area contributed by atoms with Crippen molar-refractivity contribution in [1.29, 1.82) is 0 Å². The van der Waals surface area contributed by atoms with Crippen molar-refractivity contribution >= 4 is 34.2 Å². The second-order valence-electron chi connectivity index (χ2n) is 13.1. The number of rotatable bonds is 1. The number of ether oxygens (including phenoxy) is 1. The highest BCUT2D eigenvalue weighted by Crippen LogP contribution is 2.48. The average molecular weight is 631 g/mol. The highest BCUT2D eigenvalue weighted by molar-refractivity contribution is 7.84. The van der Waals surface area contributed by atoms with Crippen LogP contribution in [0.3, 0.4) is 0 Å². The first kappa shape index (κ1) is 32.3. The van der Waals surface area contributed by atoms with Gasteiger partial charge in [-0.2, -0.15) is 0 Å². The van der Waals surface area contributed by atoms with E-state index in [1.807, 2.05) is 32.0 Å². The van der Waals surface area contributed by atoms with E-state index in [9.17, 15) is 14.1 Å². The molecule has 2 aromatic carbocycles. The number of halogens is 1. The maximum Gasteiger partial charge on any atom is 0.263 e. The van der Waals surface area contributed by atoms with Crippen LogP contribution in [0.4, 0.5) is 5.69 Å². The molecule has 2 aliphatic heterocycles. The summed E-state index contributed by atoms with van der Waals surface area (Å²) in [4.78, 5) is 15.8. The number of hydrogen-bond acceptors (Lipinski definition) is 6. The first-order chi connectivity index (χ1) is 20.7. The fraction of sp³-hybridized carbons (Fsp3) is 0.618. The third kappa shape index (κ3) is 6.63. The predicted octanol–water partition coefficient (Wildman–Crippen LogP) is 5.94. The molecule has 2 bridgehead atoms. The molecule has 0 aromatic heterocycles. The van der Waals surface area contributed by atoms with Crippen molar-refractivity contribution in [1.82, 2.24) is 4.72 Å². The minimum atomic E-state index is -1.47. The molecule has 2 aromatic rings. The van der Waals surface area contributed by atoms with Gasteiger partial charge in [-0.25, -0.2) is 4.21 Å². The number of aliphatic hydroxyl groups excluding tert-OH is 1. The fourth-order valence-electron chi connectivity index (χ4n) is 7.88. The van der Waals surface area contributed by atoms with Crippen molar-refractivity contribution < 1.29 is 24.0 Å². The Morgan fingerprint density at radius 3 is 2.65 bits per heavy atom. The molecule has 236 valence electrons. The van der Waals surface area contributed by atoms with Gasteiger partial charge in [0, 0.05) is 36.2 Å². The smallest absolute Gasteiger partial charge is 0.263 e. The summed E-state index contributed by atoms with van der Waals surface area (Å²) >= 11 is 6.41. The molecule has 6 atom stereocenters. The first-order valence-electron chi connectivity index (χ1n) is 15.9. The monoisotopic (exact) mass is 630 g/mol. The lowest BCUT2D eigenvalue weighted by molar-refractivity contribution is -0.0743. The van der Waals surface area contributed by atoms with E-state index in [2.05, 4.69) is 21.8 Å². The van der Waals surface area contributed by atoms with Gasteiger partial charge < -0.3 is 19.8 Å². The Morgan fingerprint density at radius 1 is 1.09 bits per heavy atom. The van der Waals surface area contributed by atoms with Gasteiger partial charge in [0.1, 0.15) is 16.7 Å². The Kier molecular flexibility index (Phi) is 10.1. The molecule has 1 amide bonds. The second kappa shape index (κ2) is 13.5. The number of hydrogen-bond donors (Lipinski definition) is 3. The van der Waals surface area contributed by atoms with Crippen LogP contribution in [0.2, 0.25) is 5.02 Å². The lowest BCUT2D eigenvalue weighted by Crippen LogP contribution is -2.52. The Morgan fingerprint density at radius 2 is 1.91 bits per heavy atom. The molecular weight excluding hydrogens is 584 g/mol. The molecule has 0 radical (unpaired) electrons. The molecule has 2 aliphatic carbocycles. The molecule has 1 spiro atoms. The highest BCUT2D eigenvalue weighted by atomic mass is 35.5. The van der Waals surface area contributed by atoms with Crippen LogP contribution in [-0.2, 0) is 22.8 Å². The van der Waals surface area contributed by atoms with E-state index in [0.29, 0.717) is 18.1 Å². The van der Waals surface area contributed by atoms with Crippen LogP contribution in [0.1, 0.15) is 93.1 Å². The molecule has 0 saturated heterocycles. The van der Waals surface area contributed by atoms with Gasteiger partial charge in [0.15, 0.2) is 0 Å². The van der Waals surface area contributed by atoms with Gasteiger partial charge in [-0.15, -0.1) is 0 Å². The van der Waals surface area contributed by atoms with E-state index in [1.54, 1.807) is 6.07 Å². The van der Waals surface area contributed by atoms with Crippen LogP contribution in [0.15, 0.2) is 36.4 Å². The number of nitrogens with zero attached hydrogens (tertiary/aromatic N) is 1. The molecule has 4 aliphatic rings. The summed E-state index contributed by atoms with van der Waals surface area (Å²) < 4.78 is 22.5. The molecule has 4 unspecified atom stereocenters. The molecule has 3 N–H and O–H groups in total. The van der Waals surface area contributed by atoms with Gasteiger partial charge in [0.25, 0.3) is 5.91 Å². The summed E-state index contributed by atoms with van der Waals surface area (Å²) in [5, 5.41) is 19.3. The van der Waals surface area contributed by atoms with Crippen molar-refractivity contribution in [3.63, 3.8) is 0 Å². The summed E-state index contributed by atoms with van der Waals surface area (Å²) in [6.07, 6.45) is 9.24. The number of carbonyl (C=O) groups is 1. The van der Waals surface area contributed by atoms with Gasteiger partial charge in [-0.05, 0) is 112 Å². The zero-order valence-corrected chi connectivity index (χ0v) is 27.3. The Labute approximate surface area is 263 Å². The fourth-order valence-corrected chi connectivity index (χ4v) is 9.23. The van der Waals surface area contributed by atoms with Crippen LogP contribution < -0.4 is 14.4 Å². The number of amides is 1. The number of carbonyl (C=O) groups excluding carboxylic acids is 1. The lowest BCUT2D eigenvalue weighted by atomic mass is 9.63. The summed E-state index contributed by atoms with van der Waals surface area (Å²) in [5.74, 6) is 1.06. The topological polar surface area (TPSA) is 99.1 Å². The number of anilines is 1. The lowest BCUT2D eigenvalue weighted by Gasteiger charge is -2.49. The summed E-state index contributed by atoms with van der Waals surface area (Å²) in [6, 6.07) is 11.9. The molecule has 2 heterocycles. The zero-order chi connectivity index (χ0) is 30.8. The SMILES string of the molecule is CCC1CCCC[C@](C)(O)C2CCC2CN2C[C@@]3(CCCc4cc(Cl)ccc43)COc3ccc(cc32)C(=O)NS1=O.CO. The van der Waals surface area contributed by atoms with E-state index in [0.717, 1.165) is 101 Å². The quantitative estimate of drug-likeness (QED) is 0.361. The molecule has 9 heteroatoms. The first-order valence-corrected chi connectivity index (χ1v) is 17.5. The number of nitrogens with one attached hydrogen (secondary N) is 1. The zero-order valence-electron chi connectivity index (χ0n) is 25.7. The van der Waals surface area contributed by atoms with Gasteiger partial charge in [-0.3, -0.25) is 9.52 Å². The van der Waals surface area contributed by atoms with Crippen molar-refractivity contribution in [3.8, 4) is 5.75 Å². The van der Waals surface area contributed by atoms with E-state index >= 15 is 0 Å². The van der Waals surface area contributed by atoms with E-state index < -0.39 is 16.6 Å². The maximum atomic E-state index is 13.3. The third-order valence-electron chi connectivity index (χ3n) is 10.4. The van der Waals surface area contributed by atoms with Crippen molar-refractivity contribution in [2.45, 2.75) is 94.3 Å². The number of aryl methyl sites for hydroxylation is 1. The van der Waals surface area contributed by atoms with Crippen LogP contribution in [0.25, 0.3) is 0 Å². The number of aliphatic hydroxyl groups is 2. The summed E-state index contributed by atoms with van der Waals surface area (Å²) in [5.41, 5.74) is 3.09. The van der Waals surface area contributed by atoms with Crippen molar-refractivity contribution in [2.24, 2.45) is 11.8 Å². The predicted molar refractivity (Wildman–Crippen MR) is 173 cm³/mol. The van der Waals surface area contributed by atoms with Gasteiger partial charge in [-0.1, -0.05) is 37.4 Å². The molecule has 1 saturated carbocycles.